The monoisotopic (exact) mass is 696 g/mol. The summed E-state index contributed by atoms with van der Waals surface area (Å²) in [4.78, 5) is 0. The molecule has 209 valence electrons. The van der Waals surface area contributed by atoms with Gasteiger partial charge in [0.2, 0.25) is 0 Å². The van der Waals surface area contributed by atoms with Gasteiger partial charge in [-0.25, -0.2) is 5.57 Å². The zero-order valence-electron chi connectivity index (χ0n) is 25.3. The summed E-state index contributed by atoms with van der Waals surface area (Å²) in [6.45, 7) is 13.1. The summed E-state index contributed by atoms with van der Waals surface area (Å²) >= 11 is 0. The first-order chi connectivity index (χ1) is 17.9. The van der Waals surface area contributed by atoms with Gasteiger partial charge in [-0.3, -0.25) is 6.08 Å². The normalized spacial score (nSPS) is 18.4. The Hall–Kier alpha value is -1.03. The van der Waals surface area contributed by atoms with Crippen LogP contribution in [-0.2, 0) is 25.8 Å². The second-order valence-electron chi connectivity index (χ2n) is 10.6. The van der Waals surface area contributed by atoms with E-state index in [4.69, 9.17) is 5.73 Å². The smallest absolute Gasteiger partial charge is 0.0213 e. The van der Waals surface area contributed by atoms with Crippen LogP contribution >= 0.6 is 0 Å². The van der Waals surface area contributed by atoms with E-state index in [1.165, 1.54) is 85.6 Å². The van der Waals surface area contributed by atoms with Crippen LogP contribution < -0.4 is 0 Å². The van der Waals surface area contributed by atoms with Gasteiger partial charge in [-0.1, -0.05) is 171 Å². The van der Waals surface area contributed by atoms with Crippen molar-refractivity contribution in [1.82, 2.24) is 0 Å². The molecule has 1 N–H and O–H groups in total. The van der Waals surface area contributed by atoms with Crippen molar-refractivity contribution >= 4 is 9.52 Å². The van der Waals surface area contributed by atoms with Crippen molar-refractivity contribution in [2.45, 2.75) is 117 Å². The van der Waals surface area contributed by atoms with E-state index in [0.29, 0.717) is 5.92 Å². The van der Waals surface area contributed by atoms with Crippen LogP contribution in [0.5, 0.6) is 0 Å². The van der Waals surface area contributed by atoms with Crippen LogP contribution in [0.2, 0.25) is 13.1 Å². The van der Waals surface area contributed by atoms with E-state index in [1.807, 2.05) is 12.1 Å². The first-order valence-corrected chi connectivity index (χ1v) is 17.0. The first kappa shape index (κ1) is 37.0. The van der Waals surface area contributed by atoms with Gasteiger partial charge in [0, 0.05) is 35.4 Å². The van der Waals surface area contributed by atoms with E-state index in [1.54, 1.807) is 0 Å². The Morgan fingerprint density at radius 2 is 1.00 bits per heavy atom. The van der Waals surface area contributed by atoms with Crippen LogP contribution in [0.4, 0.5) is 0 Å². The van der Waals surface area contributed by atoms with Crippen LogP contribution in [0.25, 0.3) is 16.9 Å². The quantitative estimate of drug-likeness (QED) is 0.210. The second-order valence-corrected chi connectivity index (χ2v) is 11.7. The summed E-state index contributed by atoms with van der Waals surface area (Å²) in [5, 5.41) is 0. The van der Waals surface area contributed by atoms with Crippen molar-refractivity contribution in [3.8, 4) is 11.1 Å². The molecule has 2 aromatic rings. The number of hydrogen-bond acceptors (Lipinski definition) is 0. The number of rotatable bonds is 1. The third-order valence-electron chi connectivity index (χ3n) is 7.22. The molecule has 1 nitrogen and oxygen atoms in total. The maximum Gasteiger partial charge on any atom is 0.0213 e. The molecule has 0 bridgehead atoms. The van der Waals surface area contributed by atoms with Crippen LogP contribution in [0.15, 0.2) is 77.4 Å². The van der Waals surface area contributed by atoms with Gasteiger partial charge >= 0.3 is 0 Å². The Balaban J connectivity index is 0.000000513. The van der Waals surface area contributed by atoms with E-state index >= 15 is 0 Å². The minimum absolute atomic E-state index is 0. The molecule has 1 atom stereocenters. The van der Waals surface area contributed by atoms with Crippen LogP contribution in [0, 0.1) is 12.0 Å². The molecular weight excluding hydrogens is 641 g/mol. The minimum Gasteiger partial charge on any atom is -0.675 e. The molecule has 0 spiro atoms. The standard InChI is InChI=1S/C12H24N.C12H10.C9H13.C2H7Si.Hf/c13-12-10-8-6-4-2-1-3-5-7-9-11-12;1-3-7-11(8-4-1)12-9-5-2-6-10-12;1-6-5-7(2)9(4)8(6)3;1-3-2;/h12-13H,1-11H2;1-10H;6H,1-4H3;3H,1-2H3;/q-1;;-1;;. The van der Waals surface area contributed by atoms with Gasteiger partial charge in [-0.2, -0.15) is 11.1 Å². The molecule has 0 amide bonds. The molecule has 0 aromatic heterocycles. The van der Waals surface area contributed by atoms with Gasteiger partial charge in [0.1, 0.15) is 0 Å². The number of allylic oxidation sites excluding steroid dienone is 4. The molecular formula is C35H54HfNSi-2. The Labute approximate surface area is 257 Å². The summed E-state index contributed by atoms with van der Waals surface area (Å²) < 4.78 is 0. The number of benzene rings is 2. The molecule has 0 heterocycles. The fourth-order valence-electron chi connectivity index (χ4n) is 4.59. The van der Waals surface area contributed by atoms with E-state index in [0.717, 1.165) is 22.4 Å². The van der Waals surface area contributed by atoms with Crippen LogP contribution in [0.3, 0.4) is 0 Å². The Kier molecular flexibility index (Phi) is 23.2. The summed E-state index contributed by atoms with van der Waals surface area (Å²) in [7, 11) is 0.750. The summed E-state index contributed by atoms with van der Waals surface area (Å²) in [6, 6.07) is 21.0. The largest absolute Gasteiger partial charge is 0.675 e. The minimum atomic E-state index is 0. The van der Waals surface area contributed by atoms with Crippen molar-refractivity contribution in [2.75, 3.05) is 0 Å². The molecule has 0 saturated heterocycles. The molecule has 4 rings (SSSR count). The molecule has 0 aliphatic heterocycles. The van der Waals surface area contributed by atoms with E-state index in [2.05, 4.69) is 95.4 Å². The van der Waals surface area contributed by atoms with E-state index < -0.39 is 0 Å². The molecule has 1 fully saturated rings. The van der Waals surface area contributed by atoms with Gasteiger partial charge in [0.25, 0.3) is 0 Å². The van der Waals surface area contributed by atoms with Gasteiger partial charge in [-0.15, -0.1) is 13.0 Å². The van der Waals surface area contributed by atoms with Crippen molar-refractivity contribution < 1.29 is 25.8 Å². The second kappa shape index (κ2) is 23.8. The maximum atomic E-state index is 7.80. The third-order valence-corrected chi connectivity index (χ3v) is 7.22. The average molecular weight is 695 g/mol. The van der Waals surface area contributed by atoms with E-state index in [9.17, 15) is 0 Å². The topological polar surface area (TPSA) is 23.8 Å². The molecule has 3 heteroatoms. The first-order valence-electron chi connectivity index (χ1n) is 14.7. The summed E-state index contributed by atoms with van der Waals surface area (Å²) in [5.41, 5.74) is 14.6. The zero-order valence-corrected chi connectivity index (χ0v) is 30.0. The molecule has 38 heavy (non-hydrogen) atoms. The Morgan fingerprint density at radius 3 is 1.26 bits per heavy atom. The van der Waals surface area contributed by atoms with Gasteiger partial charge in [0.05, 0.1) is 0 Å². The van der Waals surface area contributed by atoms with Gasteiger partial charge in [-0.05, 0) is 11.1 Å². The Morgan fingerprint density at radius 1 is 0.658 bits per heavy atom. The molecule has 1 unspecified atom stereocenters. The molecule has 2 aromatic carbocycles. The zero-order chi connectivity index (χ0) is 27.3. The molecule has 1 saturated carbocycles. The van der Waals surface area contributed by atoms with Crippen molar-refractivity contribution in [3.05, 3.63) is 89.2 Å². The number of hydrogen-bond donors (Lipinski definition) is 0. The third kappa shape index (κ3) is 16.8. The molecule has 1 radical (unpaired) electrons. The molecule has 2 aliphatic rings. The van der Waals surface area contributed by atoms with E-state index in [-0.39, 0.29) is 31.9 Å². The summed E-state index contributed by atoms with van der Waals surface area (Å²) in [5.74, 6) is 0.560. The molecule has 2 aliphatic carbocycles. The fourth-order valence-corrected chi connectivity index (χ4v) is 4.59. The number of nitrogens with one attached hydrogen (secondary N) is 1. The van der Waals surface area contributed by atoms with Crippen molar-refractivity contribution in [1.29, 1.82) is 0 Å². The van der Waals surface area contributed by atoms with Gasteiger partial charge in [0.15, 0.2) is 0 Å². The fraction of sp³-hybridized carbons (Fsp3) is 0.543. The van der Waals surface area contributed by atoms with Gasteiger partial charge < -0.3 is 5.73 Å². The van der Waals surface area contributed by atoms with Crippen molar-refractivity contribution in [2.24, 2.45) is 5.92 Å². The SMILES string of the molecule is CC1=[C-]C(C)C(C)=C1C.C[SiH]C.[Hf].[NH-]C1CCCCCCCCCCC1.c1ccc(-c2ccccc2)cc1. The van der Waals surface area contributed by atoms with Crippen LogP contribution in [-0.4, -0.2) is 15.6 Å². The summed E-state index contributed by atoms with van der Waals surface area (Å²) in [6.07, 6.45) is 18.1. The predicted octanol–water partition coefficient (Wildman–Crippen LogP) is 11.3. The van der Waals surface area contributed by atoms with Crippen LogP contribution in [0.1, 0.15) is 98.3 Å². The maximum absolute atomic E-state index is 7.80. The predicted molar refractivity (Wildman–Crippen MR) is 170 cm³/mol. The average Bonchev–Trinajstić information content (AvgIpc) is 3.13. The van der Waals surface area contributed by atoms with Crippen molar-refractivity contribution in [3.63, 3.8) is 0 Å². The Bertz CT molecular complexity index is 826.